The van der Waals surface area contributed by atoms with Gasteiger partial charge in [0.05, 0.1) is 0 Å². The Morgan fingerprint density at radius 3 is 1.88 bits per heavy atom. The van der Waals surface area contributed by atoms with Gasteiger partial charge in [0.25, 0.3) is 0 Å². The molecule has 0 saturated carbocycles. The Morgan fingerprint density at radius 1 is 1.06 bits per heavy atom. The first-order valence-corrected chi connectivity index (χ1v) is 8.61. The van der Waals surface area contributed by atoms with Crippen molar-refractivity contribution in [3.63, 3.8) is 0 Å². The largest absolute Gasteiger partial charge is 0.500 e. The van der Waals surface area contributed by atoms with Crippen molar-refractivity contribution in [3.05, 3.63) is 12.7 Å². The summed E-state index contributed by atoms with van der Waals surface area (Å²) >= 11 is 0. The van der Waals surface area contributed by atoms with Gasteiger partial charge in [-0.25, -0.2) is 0 Å². The SMILES string of the molecule is C=CC(C)CCC[Si](OCC)(OCC)OCC. The molecule has 1 atom stereocenters. The number of allylic oxidation sites excluding steroid dienone is 1. The molecule has 0 rings (SSSR count). The van der Waals surface area contributed by atoms with Gasteiger partial charge < -0.3 is 13.3 Å². The van der Waals surface area contributed by atoms with Crippen LogP contribution in [0.5, 0.6) is 0 Å². The lowest BCUT2D eigenvalue weighted by Gasteiger charge is -2.28. The summed E-state index contributed by atoms with van der Waals surface area (Å²) in [6.07, 6.45) is 4.18. The first kappa shape index (κ1) is 16.8. The molecule has 0 fully saturated rings. The summed E-state index contributed by atoms with van der Waals surface area (Å²) in [6.45, 7) is 13.9. The fraction of sp³-hybridized carbons (Fsp3) is 0.846. The molecule has 0 aliphatic rings. The van der Waals surface area contributed by atoms with Crippen LogP contribution in [0.3, 0.4) is 0 Å². The third-order valence-electron chi connectivity index (χ3n) is 2.64. The van der Waals surface area contributed by atoms with Gasteiger partial charge in [0, 0.05) is 25.9 Å². The van der Waals surface area contributed by atoms with Crippen LogP contribution in [-0.4, -0.2) is 28.6 Å². The Labute approximate surface area is 108 Å². The zero-order valence-corrected chi connectivity index (χ0v) is 12.8. The highest BCUT2D eigenvalue weighted by atomic mass is 28.4. The van der Waals surface area contributed by atoms with Gasteiger partial charge in [-0.3, -0.25) is 0 Å². The normalized spacial score (nSPS) is 13.6. The van der Waals surface area contributed by atoms with Crippen LogP contribution in [-0.2, 0) is 13.3 Å². The van der Waals surface area contributed by atoms with Crippen molar-refractivity contribution in [1.29, 1.82) is 0 Å². The van der Waals surface area contributed by atoms with E-state index in [1.54, 1.807) is 0 Å². The Balaban J connectivity index is 4.27. The molecule has 0 aromatic rings. The molecular formula is C13H28O3Si. The molecule has 0 amide bonds. The third-order valence-corrected chi connectivity index (χ3v) is 5.79. The molecular weight excluding hydrogens is 232 g/mol. The van der Waals surface area contributed by atoms with E-state index in [1.165, 1.54) is 0 Å². The summed E-state index contributed by atoms with van der Waals surface area (Å²) in [5.41, 5.74) is 0. The Hall–Kier alpha value is -0.163. The highest BCUT2D eigenvalue weighted by Crippen LogP contribution is 2.21. The molecule has 0 aliphatic heterocycles. The molecule has 0 aliphatic carbocycles. The number of hydrogen-bond acceptors (Lipinski definition) is 3. The summed E-state index contributed by atoms with van der Waals surface area (Å²) in [5.74, 6) is 0.548. The fourth-order valence-electron chi connectivity index (χ4n) is 1.76. The van der Waals surface area contributed by atoms with Crippen molar-refractivity contribution in [2.45, 2.75) is 46.6 Å². The Bertz CT molecular complexity index is 180. The van der Waals surface area contributed by atoms with Crippen LogP contribution in [0.25, 0.3) is 0 Å². The van der Waals surface area contributed by atoms with Crippen molar-refractivity contribution < 1.29 is 13.3 Å². The van der Waals surface area contributed by atoms with Crippen molar-refractivity contribution in [3.8, 4) is 0 Å². The maximum atomic E-state index is 5.79. The van der Waals surface area contributed by atoms with E-state index in [0.29, 0.717) is 25.7 Å². The molecule has 17 heavy (non-hydrogen) atoms. The molecule has 0 bridgehead atoms. The van der Waals surface area contributed by atoms with Crippen LogP contribution in [0.1, 0.15) is 40.5 Å². The van der Waals surface area contributed by atoms with E-state index >= 15 is 0 Å². The quantitative estimate of drug-likeness (QED) is 0.419. The fourth-order valence-corrected chi connectivity index (χ4v) is 4.40. The summed E-state index contributed by atoms with van der Waals surface area (Å²) in [4.78, 5) is 0. The molecule has 0 aromatic carbocycles. The van der Waals surface area contributed by atoms with Crippen molar-refractivity contribution in [2.75, 3.05) is 19.8 Å². The van der Waals surface area contributed by atoms with E-state index in [2.05, 4.69) is 13.5 Å². The van der Waals surface area contributed by atoms with Crippen molar-refractivity contribution >= 4 is 8.80 Å². The predicted octanol–water partition coefficient (Wildman–Crippen LogP) is 3.64. The molecule has 0 heterocycles. The minimum Gasteiger partial charge on any atom is -0.374 e. The average Bonchev–Trinajstić information content (AvgIpc) is 2.30. The predicted molar refractivity (Wildman–Crippen MR) is 74.0 cm³/mol. The third kappa shape index (κ3) is 6.98. The van der Waals surface area contributed by atoms with E-state index in [1.807, 2.05) is 26.8 Å². The minimum absolute atomic E-state index is 0.548. The molecule has 1 unspecified atom stereocenters. The Kier molecular flexibility index (Phi) is 9.73. The lowest BCUT2D eigenvalue weighted by atomic mass is 10.1. The summed E-state index contributed by atoms with van der Waals surface area (Å²) in [5, 5.41) is 0. The molecule has 0 spiro atoms. The highest BCUT2D eigenvalue weighted by Gasteiger charge is 2.39. The van der Waals surface area contributed by atoms with Gasteiger partial charge in [0.15, 0.2) is 0 Å². The lowest BCUT2D eigenvalue weighted by Crippen LogP contribution is -2.45. The maximum absolute atomic E-state index is 5.79. The number of hydrogen-bond donors (Lipinski definition) is 0. The smallest absolute Gasteiger partial charge is 0.374 e. The Morgan fingerprint density at radius 2 is 1.53 bits per heavy atom. The zero-order chi connectivity index (χ0) is 13.1. The molecule has 3 nitrogen and oxygen atoms in total. The average molecular weight is 260 g/mol. The summed E-state index contributed by atoms with van der Waals surface area (Å²) < 4.78 is 17.4. The molecule has 0 radical (unpaired) electrons. The van der Waals surface area contributed by atoms with Gasteiger partial charge in [0.2, 0.25) is 0 Å². The first-order valence-electron chi connectivity index (χ1n) is 6.68. The summed E-state index contributed by atoms with van der Waals surface area (Å²) in [7, 11) is -2.41. The van der Waals surface area contributed by atoms with Crippen molar-refractivity contribution in [1.82, 2.24) is 0 Å². The van der Waals surface area contributed by atoms with E-state index in [9.17, 15) is 0 Å². The summed E-state index contributed by atoms with van der Waals surface area (Å²) in [6, 6.07) is 0.903. The number of rotatable bonds is 11. The van der Waals surface area contributed by atoms with Gasteiger partial charge in [-0.2, -0.15) is 0 Å². The van der Waals surface area contributed by atoms with Crippen LogP contribution < -0.4 is 0 Å². The van der Waals surface area contributed by atoms with Crippen LogP contribution >= 0.6 is 0 Å². The van der Waals surface area contributed by atoms with E-state index < -0.39 is 8.80 Å². The zero-order valence-electron chi connectivity index (χ0n) is 11.8. The first-order chi connectivity index (χ1) is 8.14. The minimum atomic E-state index is -2.41. The molecule has 0 aromatic heterocycles. The van der Waals surface area contributed by atoms with E-state index in [0.717, 1.165) is 18.9 Å². The standard InChI is InChI=1S/C13H28O3Si/c1-6-13(5)11-10-12-17(14-7-2,15-8-3)16-9-4/h6,13H,1,7-12H2,2-5H3. The van der Waals surface area contributed by atoms with Crippen LogP contribution in [0.2, 0.25) is 6.04 Å². The molecule has 0 saturated heterocycles. The van der Waals surface area contributed by atoms with Gasteiger partial charge >= 0.3 is 8.80 Å². The molecule has 4 heteroatoms. The second kappa shape index (κ2) is 9.83. The van der Waals surface area contributed by atoms with Crippen LogP contribution in [0.15, 0.2) is 12.7 Å². The molecule has 0 N–H and O–H groups in total. The van der Waals surface area contributed by atoms with Gasteiger partial charge in [-0.1, -0.05) is 13.0 Å². The second-order valence-corrected chi connectivity index (χ2v) is 6.82. The van der Waals surface area contributed by atoms with Crippen LogP contribution in [0, 0.1) is 5.92 Å². The molecule has 102 valence electrons. The van der Waals surface area contributed by atoms with E-state index in [4.69, 9.17) is 13.3 Å². The highest BCUT2D eigenvalue weighted by molar-refractivity contribution is 6.60. The van der Waals surface area contributed by atoms with Crippen molar-refractivity contribution in [2.24, 2.45) is 5.92 Å². The van der Waals surface area contributed by atoms with Gasteiger partial charge in [-0.05, 0) is 39.5 Å². The van der Waals surface area contributed by atoms with Gasteiger partial charge in [0.1, 0.15) is 0 Å². The van der Waals surface area contributed by atoms with Crippen LogP contribution in [0.4, 0.5) is 0 Å². The topological polar surface area (TPSA) is 27.7 Å². The van der Waals surface area contributed by atoms with E-state index in [-0.39, 0.29) is 0 Å². The monoisotopic (exact) mass is 260 g/mol. The van der Waals surface area contributed by atoms with Gasteiger partial charge in [-0.15, -0.1) is 6.58 Å². The maximum Gasteiger partial charge on any atom is 0.500 e. The lowest BCUT2D eigenvalue weighted by molar-refractivity contribution is 0.0705. The second-order valence-electron chi connectivity index (χ2n) is 4.09.